The van der Waals surface area contributed by atoms with Crippen molar-refractivity contribution in [1.82, 2.24) is 19.7 Å². The van der Waals surface area contributed by atoms with Crippen LogP contribution in [0, 0.1) is 6.92 Å². The standard InChI is InChI=1S/C14H17N5O3S2/c1-4-5-19-9(2)17-18-14(19)24-8-11(20)16-13-15-10(7-23-13)6-12(21)22-3/h4,7H,1,5-6,8H2,2-3H3,(H,15,16,20). The van der Waals surface area contributed by atoms with Gasteiger partial charge < -0.3 is 14.6 Å². The van der Waals surface area contributed by atoms with Gasteiger partial charge in [0.05, 0.1) is 25.0 Å². The largest absolute Gasteiger partial charge is 0.469 e. The highest BCUT2D eigenvalue weighted by Crippen LogP contribution is 2.19. The molecule has 0 saturated heterocycles. The van der Waals surface area contributed by atoms with Crippen molar-refractivity contribution in [3.05, 3.63) is 29.6 Å². The molecule has 0 bridgehead atoms. The van der Waals surface area contributed by atoms with E-state index in [4.69, 9.17) is 0 Å². The van der Waals surface area contributed by atoms with Crippen LogP contribution in [0.25, 0.3) is 0 Å². The second kappa shape index (κ2) is 8.60. The van der Waals surface area contributed by atoms with Crippen molar-refractivity contribution in [3.63, 3.8) is 0 Å². The fraction of sp³-hybridized carbons (Fsp3) is 0.357. The molecule has 2 aromatic heterocycles. The number of amides is 1. The quantitative estimate of drug-likeness (QED) is 0.430. The predicted octanol–water partition coefficient (Wildman–Crippen LogP) is 1.68. The lowest BCUT2D eigenvalue weighted by Crippen LogP contribution is -2.15. The van der Waals surface area contributed by atoms with Crippen molar-refractivity contribution in [2.45, 2.75) is 25.0 Å². The van der Waals surface area contributed by atoms with Crippen LogP contribution in [0.3, 0.4) is 0 Å². The zero-order valence-electron chi connectivity index (χ0n) is 13.3. The van der Waals surface area contributed by atoms with Crippen molar-refractivity contribution in [3.8, 4) is 0 Å². The van der Waals surface area contributed by atoms with Gasteiger partial charge in [-0.15, -0.1) is 28.1 Å². The summed E-state index contributed by atoms with van der Waals surface area (Å²) >= 11 is 2.55. The van der Waals surface area contributed by atoms with E-state index in [1.807, 2.05) is 11.5 Å². The summed E-state index contributed by atoms with van der Waals surface area (Å²) < 4.78 is 6.46. The van der Waals surface area contributed by atoms with Gasteiger partial charge in [0.15, 0.2) is 10.3 Å². The first kappa shape index (κ1) is 18.1. The van der Waals surface area contributed by atoms with E-state index < -0.39 is 0 Å². The molecule has 24 heavy (non-hydrogen) atoms. The summed E-state index contributed by atoms with van der Waals surface area (Å²) in [5.41, 5.74) is 0.566. The Morgan fingerprint density at radius 2 is 2.29 bits per heavy atom. The molecule has 10 heteroatoms. The van der Waals surface area contributed by atoms with Crippen LogP contribution in [-0.4, -0.2) is 44.5 Å². The Balaban J connectivity index is 1.87. The molecule has 0 fully saturated rings. The Kier molecular flexibility index (Phi) is 6.50. The van der Waals surface area contributed by atoms with Crippen molar-refractivity contribution >= 4 is 40.1 Å². The molecule has 0 spiro atoms. The van der Waals surface area contributed by atoms with Gasteiger partial charge >= 0.3 is 5.97 Å². The minimum Gasteiger partial charge on any atom is -0.469 e. The van der Waals surface area contributed by atoms with Crippen LogP contribution < -0.4 is 5.32 Å². The molecule has 0 aliphatic rings. The van der Waals surface area contributed by atoms with Gasteiger partial charge in [-0.2, -0.15) is 0 Å². The Bertz CT molecular complexity index is 741. The van der Waals surface area contributed by atoms with Gasteiger partial charge in [-0.1, -0.05) is 17.8 Å². The van der Waals surface area contributed by atoms with Gasteiger partial charge in [0.2, 0.25) is 5.91 Å². The van der Waals surface area contributed by atoms with Crippen LogP contribution in [-0.2, 0) is 27.3 Å². The molecule has 128 valence electrons. The maximum atomic E-state index is 12.0. The maximum Gasteiger partial charge on any atom is 0.311 e. The molecule has 0 radical (unpaired) electrons. The van der Waals surface area contributed by atoms with Gasteiger partial charge in [-0.05, 0) is 6.92 Å². The van der Waals surface area contributed by atoms with Gasteiger partial charge in [-0.25, -0.2) is 4.98 Å². The number of hydrogen-bond donors (Lipinski definition) is 1. The highest BCUT2D eigenvalue weighted by molar-refractivity contribution is 7.99. The highest BCUT2D eigenvalue weighted by atomic mass is 32.2. The summed E-state index contributed by atoms with van der Waals surface area (Å²) in [7, 11) is 1.32. The lowest BCUT2D eigenvalue weighted by atomic mass is 10.3. The van der Waals surface area contributed by atoms with Crippen molar-refractivity contribution in [2.75, 3.05) is 18.2 Å². The fourth-order valence-corrected chi connectivity index (χ4v) is 3.28. The number of esters is 1. The molecule has 0 aliphatic heterocycles. The first-order chi connectivity index (χ1) is 11.5. The molecule has 2 rings (SSSR count). The lowest BCUT2D eigenvalue weighted by molar-refractivity contribution is -0.139. The number of thiazole rings is 1. The summed E-state index contributed by atoms with van der Waals surface area (Å²) in [6.45, 7) is 6.13. The molecule has 2 heterocycles. The smallest absolute Gasteiger partial charge is 0.311 e. The monoisotopic (exact) mass is 367 g/mol. The fourth-order valence-electron chi connectivity index (χ4n) is 1.76. The molecule has 8 nitrogen and oxygen atoms in total. The van der Waals surface area contributed by atoms with E-state index in [2.05, 4.69) is 31.8 Å². The number of hydrogen-bond acceptors (Lipinski definition) is 8. The van der Waals surface area contributed by atoms with E-state index in [-0.39, 0.29) is 24.1 Å². The van der Waals surface area contributed by atoms with E-state index >= 15 is 0 Å². The second-order valence-corrected chi connectivity index (χ2v) is 6.46. The average molecular weight is 367 g/mol. The SMILES string of the molecule is C=CCn1c(C)nnc1SCC(=O)Nc1nc(CC(=O)OC)cs1. The van der Waals surface area contributed by atoms with Crippen molar-refractivity contribution in [2.24, 2.45) is 0 Å². The van der Waals surface area contributed by atoms with E-state index in [0.717, 1.165) is 5.82 Å². The summed E-state index contributed by atoms with van der Waals surface area (Å²) in [5.74, 6) is 0.377. The van der Waals surface area contributed by atoms with Gasteiger partial charge in [-0.3, -0.25) is 9.59 Å². The first-order valence-electron chi connectivity index (χ1n) is 6.98. The van der Waals surface area contributed by atoms with Gasteiger partial charge in [0.1, 0.15) is 5.82 Å². The zero-order chi connectivity index (χ0) is 17.5. The molecule has 0 aliphatic carbocycles. The Labute approximate surface area is 147 Å². The Morgan fingerprint density at radius 3 is 3.00 bits per heavy atom. The average Bonchev–Trinajstić information content (AvgIpc) is 3.13. The van der Waals surface area contributed by atoms with Gasteiger partial charge in [0.25, 0.3) is 0 Å². The molecule has 0 aromatic carbocycles. The number of anilines is 1. The molecule has 1 amide bonds. The number of ether oxygens (including phenoxy) is 1. The molecular weight excluding hydrogens is 350 g/mol. The van der Waals surface area contributed by atoms with E-state index in [1.54, 1.807) is 11.5 Å². The van der Waals surface area contributed by atoms with Crippen LogP contribution in [0.4, 0.5) is 5.13 Å². The number of aromatic nitrogens is 4. The minimum absolute atomic E-state index is 0.0849. The first-order valence-corrected chi connectivity index (χ1v) is 8.84. The summed E-state index contributed by atoms with van der Waals surface area (Å²) in [4.78, 5) is 27.4. The van der Waals surface area contributed by atoms with E-state index in [9.17, 15) is 9.59 Å². The number of thioether (sulfide) groups is 1. The second-order valence-electron chi connectivity index (χ2n) is 4.66. The molecule has 2 aromatic rings. The summed E-state index contributed by atoms with van der Waals surface area (Å²) in [6, 6.07) is 0. The third kappa shape index (κ3) is 4.90. The summed E-state index contributed by atoms with van der Waals surface area (Å²) in [5, 5.41) is 13.6. The number of nitrogens with one attached hydrogen (secondary N) is 1. The van der Waals surface area contributed by atoms with Crippen molar-refractivity contribution < 1.29 is 14.3 Å². The van der Waals surface area contributed by atoms with Crippen LogP contribution in [0.1, 0.15) is 11.5 Å². The molecule has 0 saturated carbocycles. The van der Waals surface area contributed by atoms with Crippen LogP contribution >= 0.6 is 23.1 Å². The maximum absolute atomic E-state index is 12.0. The number of rotatable bonds is 8. The van der Waals surface area contributed by atoms with Crippen LogP contribution in [0.15, 0.2) is 23.2 Å². The zero-order valence-corrected chi connectivity index (χ0v) is 14.9. The Hall–Kier alpha value is -2.20. The number of aryl methyl sites for hydroxylation is 1. The van der Waals surface area contributed by atoms with Crippen LogP contribution in [0.2, 0.25) is 0 Å². The number of allylic oxidation sites excluding steroid dienone is 1. The molecule has 0 unspecified atom stereocenters. The topological polar surface area (TPSA) is 99.0 Å². The van der Waals surface area contributed by atoms with E-state index in [0.29, 0.717) is 22.5 Å². The third-order valence-corrected chi connectivity index (χ3v) is 4.67. The minimum atomic E-state index is -0.370. The molecule has 0 atom stereocenters. The van der Waals surface area contributed by atoms with Crippen molar-refractivity contribution in [1.29, 1.82) is 0 Å². The molecular formula is C14H17N5O3S2. The van der Waals surface area contributed by atoms with Crippen LogP contribution in [0.5, 0.6) is 0 Å². The highest BCUT2D eigenvalue weighted by Gasteiger charge is 2.13. The Morgan fingerprint density at radius 1 is 1.50 bits per heavy atom. The van der Waals surface area contributed by atoms with E-state index in [1.165, 1.54) is 30.2 Å². The molecule has 1 N–H and O–H groups in total. The number of nitrogens with zero attached hydrogens (tertiary/aromatic N) is 4. The third-order valence-electron chi connectivity index (χ3n) is 2.90. The predicted molar refractivity (Wildman–Crippen MR) is 92.1 cm³/mol. The summed E-state index contributed by atoms with van der Waals surface area (Å²) in [6.07, 6.45) is 1.83. The number of methoxy groups -OCH3 is 1. The van der Waals surface area contributed by atoms with Gasteiger partial charge in [0, 0.05) is 11.9 Å². The number of carbonyl (C=O) groups is 2. The number of carbonyl (C=O) groups excluding carboxylic acids is 2. The lowest BCUT2D eigenvalue weighted by Gasteiger charge is -2.05. The normalized spacial score (nSPS) is 10.4.